The second kappa shape index (κ2) is 7.33. The molecule has 0 N–H and O–H groups in total. The van der Waals surface area contributed by atoms with E-state index in [0.29, 0.717) is 24.0 Å². The van der Waals surface area contributed by atoms with Gasteiger partial charge in [0.05, 0.1) is 22.9 Å². The first kappa shape index (κ1) is 16.8. The summed E-state index contributed by atoms with van der Waals surface area (Å²) in [5.74, 6) is 1.05. The van der Waals surface area contributed by atoms with Crippen molar-refractivity contribution in [3.05, 3.63) is 65.2 Å². The van der Waals surface area contributed by atoms with E-state index in [1.807, 2.05) is 41.3 Å². The molecule has 3 aromatic rings. The van der Waals surface area contributed by atoms with Crippen LogP contribution in [0.1, 0.15) is 12.8 Å². The largest absolute Gasteiger partial charge is 0.311 e. The highest BCUT2D eigenvalue weighted by molar-refractivity contribution is 7.99. The molecule has 0 fully saturated rings. The maximum Gasteiger partial charge on any atom is 0.261 e. The lowest BCUT2D eigenvalue weighted by atomic mass is 10.2. The van der Waals surface area contributed by atoms with Crippen LogP contribution in [0.25, 0.3) is 10.9 Å². The summed E-state index contributed by atoms with van der Waals surface area (Å²) in [6.07, 6.45) is 2.77. The number of amides is 1. The summed E-state index contributed by atoms with van der Waals surface area (Å²) in [7, 11) is 0. The molecule has 0 spiro atoms. The minimum Gasteiger partial charge on any atom is -0.311 e. The Balaban J connectivity index is 1.54. The van der Waals surface area contributed by atoms with Crippen molar-refractivity contribution in [2.45, 2.75) is 24.3 Å². The summed E-state index contributed by atoms with van der Waals surface area (Å²) >= 11 is 1.79. The summed E-state index contributed by atoms with van der Waals surface area (Å²) < 4.78 is 1.53. The second-order valence-corrected chi connectivity index (χ2v) is 7.36. The van der Waals surface area contributed by atoms with Crippen LogP contribution in [0, 0.1) is 0 Å². The van der Waals surface area contributed by atoms with Crippen LogP contribution in [0.5, 0.6) is 0 Å². The van der Waals surface area contributed by atoms with E-state index < -0.39 is 0 Å². The number of rotatable bonds is 3. The van der Waals surface area contributed by atoms with Crippen molar-refractivity contribution >= 4 is 34.3 Å². The van der Waals surface area contributed by atoms with Gasteiger partial charge < -0.3 is 4.90 Å². The maximum absolute atomic E-state index is 12.8. The van der Waals surface area contributed by atoms with Gasteiger partial charge in [0.2, 0.25) is 5.91 Å². The Morgan fingerprint density at radius 2 is 1.92 bits per heavy atom. The first-order valence-electron chi connectivity index (χ1n) is 8.70. The van der Waals surface area contributed by atoms with Gasteiger partial charge in [-0.15, -0.1) is 11.8 Å². The van der Waals surface area contributed by atoms with Gasteiger partial charge in [-0.25, -0.2) is 4.98 Å². The van der Waals surface area contributed by atoms with Crippen molar-refractivity contribution in [1.82, 2.24) is 9.55 Å². The Morgan fingerprint density at radius 1 is 1.12 bits per heavy atom. The number of carbonyl (C=O) groups is 1. The molecule has 1 amide bonds. The fraction of sp³-hybridized carbons (Fsp3) is 0.250. The molecule has 0 unspecified atom stereocenters. The van der Waals surface area contributed by atoms with Crippen LogP contribution in [0.15, 0.2) is 64.5 Å². The van der Waals surface area contributed by atoms with Gasteiger partial charge in [0.1, 0.15) is 0 Å². The van der Waals surface area contributed by atoms with E-state index in [0.717, 1.165) is 22.8 Å². The predicted octanol–water partition coefficient (Wildman–Crippen LogP) is 3.32. The molecule has 132 valence electrons. The second-order valence-electron chi connectivity index (χ2n) is 6.23. The standard InChI is InChI=1S/C20H19N3O2S/c24-19(23-11-5-13-26-18-9-4-3-8-17(18)23)10-12-22-14-21-16-7-2-1-6-15(16)20(22)25/h1-4,6-9,14H,5,10-13H2. The monoisotopic (exact) mass is 365 g/mol. The molecule has 0 aliphatic carbocycles. The van der Waals surface area contributed by atoms with Crippen molar-refractivity contribution in [3.8, 4) is 0 Å². The Morgan fingerprint density at radius 3 is 2.85 bits per heavy atom. The number of aryl methyl sites for hydroxylation is 1. The molecule has 0 saturated carbocycles. The molecule has 1 aliphatic rings. The van der Waals surface area contributed by atoms with E-state index in [1.165, 1.54) is 10.9 Å². The maximum atomic E-state index is 12.8. The number of hydrogen-bond donors (Lipinski definition) is 0. The van der Waals surface area contributed by atoms with Crippen LogP contribution in [0.2, 0.25) is 0 Å². The number of thioether (sulfide) groups is 1. The van der Waals surface area contributed by atoms with Crippen molar-refractivity contribution < 1.29 is 4.79 Å². The summed E-state index contributed by atoms with van der Waals surface area (Å²) in [4.78, 5) is 32.7. The summed E-state index contributed by atoms with van der Waals surface area (Å²) in [5, 5.41) is 0.582. The smallest absolute Gasteiger partial charge is 0.261 e. The van der Waals surface area contributed by atoms with Gasteiger partial charge in [-0.05, 0) is 36.4 Å². The molecule has 0 bridgehead atoms. The van der Waals surface area contributed by atoms with Crippen LogP contribution in [-0.4, -0.2) is 27.8 Å². The molecule has 1 aromatic heterocycles. The lowest BCUT2D eigenvalue weighted by Gasteiger charge is -2.22. The lowest BCUT2D eigenvalue weighted by molar-refractivity contribution is -0.118. The topological polar surface area (TPSA) is 55.2 Å². The quantitative estimate of drug-likeness (QED) is 0.714. The van der Waals surface area contributed by atoms with E-state index >= 15 is 0 Å². The minimum absolute atomic E-state index is 0.0417. The molecule has 26 heavy (non-hydrogen) atoms. The SMILES string of the molecule is O=C(CCn1cnc2ccccc2c1=O)N1CCCSc2ccccc21. The van der Waals surface area contributed by atoms with Crippen LogP contribution < -0.4 is 10.5 Å². The van der Waals surface area contributed by atoms with Crippen molar-refractivity contribution in [2.75, 3.05) is 17.2 Å². The van der Waals surface area contributed by atoms with Gasteiger partial charge >= 0.3 is 0 Å². The van der Waals surface area contributed by atoms with Gasteiger partial charge in [0, 0.05) is 24.4 Å². The zero-order chi connectivity index (χ0) is 17.9. The molecular weight excluding hydrogens is 346 g/mol. The van der Waals surface area contributed by atoms with E-state index in [9.17, 15) is 9.59 Å². The fourth-order valence-corrected chi connectivity index (χ4v) is 4.20. The van der Waals surface area contributed by atoms with E-state index in [4.69, 9.17) is 0 Å². The number of fused-ring (bicyclic) bond motifs is 2. The van der Waals surface area contributed by atoms with Crippen molar-refractivity contribution in [1.29, 1.82) is 0 Å². The highest BCUT2D eigenvalue weighted by atomic mass is 32.2. The third-order valence-electron chi connectivity index (χ3n) is 4.54. The molecule has 6 heteroatoms. The number of aromatic nitrogens is 2. The first-order valence-corrected chi connectivity index (χ1v) is 9.69. The third-order valence-corrected chi connectivity index (χ3v) is 5.69. The van der Waals surface area contributed by atoms with Gasteiger partial charge in [0.25, 0.3) is 5.56 Å². The number of hydrogen-bond acceptors (Lipinski definition) is 4. The highest BCUT2D eigenvalue weighted by Crippen LogP contribution is 2.33. The van der Waals surface area contributed by atoms with Crippen LogP contribution in [0.4, 0.5) is 5.69 Å². The third kappa shape index (κ3) is 3.24. The summed E-state index contributed by atoms with van der Waals surface area (Å²) in [6.45, 7) is 1.05. The molecule has 4 rings (SSSR count). The highest BCUT2D eigenvalue weighted by Gasteiger charge is 2.21. The van der Waals surface area contributed by atoms with Gasteiger partial charge in [0.15, 0.2) is 0 Å². The van der Waals surface area contributed by atoms with Gasteiger partial charge in [-0.2, -0.15) is 0 Å². The lowest BCUT2D eigenvalue weighted by Crippen LogP contribution is -2.33. The number of anilines is 1. The zero-order valence-electron chi connectivity index (χ0n) is 14.3. The predicted molar refractivity (Wildman–Crippen MR) is 105 cm³/mol. The molecule has 2 heterocycles. The van der Waals surface area contributed by atoms with E-state index in [-0.39, 0.29) is 17.9 Å². The minimum atomic E-state index is -0.102. The molecule has 0 atom stereocenters. The molecule has 5 nitrogen and oxygen atoms in total. The number of benzene rings is 2. The van der Waals surface area contributed by atoms with Crippen molar-refractivity contribution in [3.63, 3.8) is 0 Å². The number of para-hydroxylation sites is 2. The Kier molecular flexibility index (Phi) is 4.75. The van der Waals surface area contributed by atoms with E-state index in [2.05, 4.69) is 11.1 Å². The first-order chi connectivity index (χ1) is 12.7. The van der Waals surface area contributed by atoms with Gasteiger partial charge in [-0.1, -0.05) is 24.3 Å². The summed E-state index contributed by atoms with van der Waals surface area (Å²) in [6, 6.07) is 15.3. The number of carbonyl (C=O) groups excluding carboxylic acids is 1. The van der Waals surface area contributed by atoms with Crippen LogP contribution >= 0.6 is 11.8 Å². The van der Waals surface area contributed by atoms with Crippen LogP contribution in [0.3, 0.4) is 0 Å². The molecule has 0 saturated heterocycles. The Bertz CT molecular complexity index is 1020. The molecular formula is C20H19N3O2S. The van der Waals surface area contributed by atoms with Crippen LogP contribution in [-0.2, 0) is 11.3 Å². The van der Waals surface area contributed by atoms with E-state index in [1.54, 1.807) is 17.8 Å². The number of nitrogens with zero attached hydrogens (tertiary/aromatic N) is 3. The average Bonchev–Trinajstić information content (AvgIpc) is 2.90. The Hall–Kier alpha value is -2.60. The molecule has 2 aromatic carbocycles. The van der Waals surface area contributed by atoms with Gasteiger partial charge in [-0.3, -0.25) is 14.2 Å². The average molecular weight is 365 g/mol. The molecule has 0 radical (unpaired) electrons. The fourth-order valence-electron chi connectivity index (χ4n) is 3.20. The van der Waals surface area contributed by atoms with Crippen molar-refractivity contribution in [2.24, 2.45) is 0 Å². The summed E-state index contributed by atoms with van der Waals surface area (Å²) in [5.41, 5.74) is 1.55. The normalized spacial score (nSPS) is 14.1. The Labute approximate surface area is 155 Å². The molecule has 1 aliphatic heterocycles. The zero-order valence-corrected chi connectivity index (χ0v) is 15.1.